The van der Waals surface area contributed by atoms with Crippen LogP contribution in [0.3, 0.4) is 0 Å². The van der Waals surface area contributed by atoms with E-state index in [1.54, 1.807) is 12.1 Å². The molecule has 110 valence electrons. The summed E-state index contributed by atoms with van der Waals surface area (Å²) in [5.41, 5.74) is 4.91. The van der Waals surface area contributed by atoms with Crippen LogP contribution in [0.15, 0.2) is 47.5 Å². The van der Waals surface area contributed by atoms with Crippen molar-refractivity contribution in [2.45, 2.75) is 4.90 Å². The van der Waals surface area contributed by atoms with Crippen molar-refractivity contribution in [2.24, 2.45) is 0 Å². The molecule has 0 unspecified atom stereocenters. The van der Waals surface area contributed by atoms with Crippen LogP contribution in [0.25, 0.3) is 0 Å². The lowest BCUT2D eigenvalue weighted by atomic mass is 10.3. The van der Waals surface area contributed by atoms with Crippen LogP contribution in [0.5, 0.6) is 0 Å². The topological polar surface area (TPSA) is 119 Å². The van der Waals surface area contributed by atoms with E-state index >= 15 is 0 Å². The van der Waals surface area contributed by atoms with Gasteiger partial charge in [0.15, 0.2) is 0 Å². The smallest absolute Gasteiger partial charge is 0.293 e. The highest BCUT2D eigenvalue weighted by Gasteiger charge is 2.25. The maximum atomic E-state index is 12.4. The van der Waals surface area contributed by atoms with Gasteiger partial charge < -0.3 is 5.73 Å². The molecule has 8 nitrogen and oxygen atoms in total. The van der Waals surface area contributed by atoms with E-state index in [0.29, 0.717) is 0 Å². The molecule has 9 heteroatoms. The highest BCUT2D eigenvalue weighted by Crippen LogP contribution is 2.27. The van der Waals surface area contributed by atoms with Crippen molar-refractivity contribution in [3.63, 3.8) is 0 Å². The van der Waals surface area contributed by atoms with Crippen LogP contribution in [0.2, 0.25) is 0 Å². The van der Waals surface area contributed by atoms with Gasteiger partial charge in [0.25, 0.3) is 15.7 Å². The maximum absolute atomic E-state index is 12.4. The summed E-state index contributed by atoms with van der Waals surface area (Å²) in [5, 5.41) is 10.8. The van der Waals surface area contributed by atoms with Crippen LogP contribution in [-0.2, 0) is 10.0 Å². The Morgan fingerprint density at radius 3 is 2.57 bits per heavy atom. The Labute approximate surface area is 121 Å². The highest BCUT2D eigenvalue weighted by atomic mass is 32.2. The van der Waals surface area contributed by atoms with Gasteiger partial charge in [-0.2, -0.15) is 0 Å². The monoisotopic (exact) mass is 308 g/mol. The molecule has 0 saturated carbocycles. The third-order valence-electron chi connectivity index (χ3n) is 2.83. The lowest BCUT2D eigenvalue weighted by Crippen LogP contribution is -2.27. The molecule has 2 aromatic rings. The first-order chi connectivity index (χ1) is 9.84. The van der Waals surface area contributed by atoms with Gasteiger partial charge in [0.1, 0.15) is 11.5 Å². The average Bonchev–Trinajstić information content (AvgIpc) is 2.47. The molecule has 21 heavy (non-hydrogen) atoms. The number of pyridine rings is 1. The second-order valence-electron chi connectivity index (χ2n) is 4.14. The van der Waals surface area contributed by atoms with Crippen molar-refractivity contribution in [3.05, 3.63) is 52.7 Å². The summed E-state index contributed by atoms with van der Waals surface area (Å²) in [6.45, 7) is 0. The van der Waals surface area contributed by atoms with Crippen LogP contribution in [0, 0.1) is 10.1 Å². The number of nitro groups is 1. The molecule has 0 radical (unpaired) electrons. The molecule has 1 aromatic heterocycles. The molecule has 0 aliphatic carbocycles. The summed E-state index contributed by atoms with van der Waals surface area (Å²) in [6, 6.07) is 8.15. The molecule has 0 fully saturated rings. The zero-order valence-corrected chi connectivity index (χ0v) is 11.8. The van der Waals surface area contributed by atoms with Crippen molar-refractivity contribution in [1.82, 2.24) is 4.98 Å². The number of hydrogen-bond donors (Lipinski definition) is 1. The van der Waals surface area contributed by atoms with Crippen LogP contribution >= 0.6 is 0 Å². The summed E-state index contributed by atoms with van der Waals surface area (Å²) >= 11 is 0. The predicted molar refractivity (Wildman–Crippen MR) is 77.3 cm³/mol. The van der Waals surface area contributed by atoms with Gasteiger partial charge in [-0.25, -0.2) is 13.4 Å². The Balaban J connectivity index is 2.50. The number of sulfonamides is 1. The number of nitro benzene ring substituents is 1. The largest absolute Gasteiger partial charge is 0.393 e. The minimum atomic E-state index is -3.95. The molecule has 0 aliphatic rings. The average molecular weight is 308 g/mol. The predicted octanol–water partition coefficient (Wildman–Crippen LogP) is 1.40. The third kappa shape index (κ3) is 2.77. The fourth-order valence-corrected chi connectivity index (χ4v) is 2.83. The van der Waals surface area contributed by atoms with Gasteiger partial charge in [0, 0.05) is 19.3 Å². The van der Waals surface area contributed by atoms with E-state index < -0.39 is 20.6 Å². The number of aromatic nitrogens is 1. The lowest BCUT2D eigenvalue weighted by Gasteiger charge is -2.18. The maximum Gasteiger partial charge on any atom is 0.293 e. The molecule has 0 saturated heterocycles. The van der Waals surface area contributed by atoms with Gasteiger partial charge in [-0.3, -0.25) is 14.4 Å². The number of benzene rings is 1. The van der Waals surface area contributed by atoms with Crippen LogP contribution in [0.1, 0.15) is 0 Å². The number of rotatable bonds is 4. The number of nitrogens with zero attached hydrogens (tertiary/aromatic N) is 3. The standard InChI is InChI=1S/C12H12N4O4S/c1-15(12-4-2-3-7-14-12)21(19,20)9-5-6-10(13)11(8-9)16(17)18/h2-8H,13H2,1H3. The zero-order chi connectivity index (χ0) is 15.6. The third-order valence-corrected chi connectivity index (χ3v) is 4.59. The van der Waals surface area contributed by atoms with Gasteiger partial charge in [0.05, 0.1) is 9.82 Å². The Morgan fingerprint density at radius 1 is 1.29 bits per heavy atom. The SMILES string of the molecule is CN(c1ccccn1)S(=O)(=O)c1ccc(N)c([N+](=O)[O-])c1. The molecule has 0 amide bonds. The second-order valence-corrected chi connectivity index (χ2v) is 6.11. The van der Waals surface area contributed by atoms with E-state index in [0.717, 1.165) is 10.4 Å². The number of nitrogen functional groups attached to an aromatic ring is 1. The van der Waals surface area contributed by atoms with E-state index in [2.05, 4.69) is 4.98 Å². The van der Waals surface area contributed by atoms with E-state index in [9.17, 15) is 18.5 Å². The van der Waals surface area contributed by atoms with E-state index in [4.69, 9.17) is 5.73 Å². The molecule has 2 N–H and O–H groups in total. The van der Waals surface area contributed by atoms with Gasteiger partial charge in [-0.15, -0.1) is 0 Å². The van der Waals surface area contributed by atoms with Crippen molar-refractivity contribution in [2.75, 3.05) is 17.1 Å². The van der Waals surface area contributed by atoms with Crippen molar-refractivity contribution < 1.29 is 13.3 Å². The summed E-state index contributed by atoms with van der Waals surface area (Å²) in [5.74, 6) is 0.206. The molecule has 1 aromatic carbocycles. The number of anilines is 2. The Kier molecular flexibility index (Phi) is 3.76. The summed E-state index contributed by atoms with van der Waals surface area (Å²) in [7, 11) is -2.63. The quantitative estimate of drug-likeness (QED) is 0.518. The Hall–Kier alpha value is -2.68. The number of nitrogens with two attached hydrogens (primary N) is 1. The summed E-state index contributed by atoms with van der Waals surface area (Å²) in [6.07, 6.45) is 1.45. The molecule has 0 atom stereocenters. The van der Waals surface area contributed by atoms with Crippen LogP contribution in [0.4, 0.5) is 17.2 Å². The van der Waals surface area contributed by atoms with Gasteiger partial charge in [0.2, 0.25) is 0 Å². The highest BCUT2D eigenvalue weighted by molar-refractivity contribution is 7.92. The van der Waals surface area contributed by atoms with E-state index in [1.807, 2.05) is 0 Å². The first-order valence-electron chi connectivity index (χ1n) is 5.78. The van der Waals surface area contributed by atoms with E-state index in [1.165, 1.54) is 31.4 Å². The van der Waals surface area contributed by atoms with Gasteiger partial charge in [-0.05, 0) is 24.3 Å². The van der Waals surface area contributed by atoms with Gasteiger partial charge in [-0.1, -0.05) is 6.07 Å². The first kappa shape index (κ1) is 14.7. The molecule has 0 aliphatic heterocycles. The van der Waals surface area contributed by atoms with Crippen LogP contribution < -0.4 is 10.0 Å². The molecule has 0 spiro atoms. The van der Waals surface area contributed by atoms with Crippen molar-refractivity contribution >= 4 is 27.2 Å². The summed E-state index contributed by atoms with van der Waals surface area (Å²) < 4.78 is 25.8. The normalized spacial score (nSPS) is 11.1. The molecular weight excluding hydrogens is 296 g/mol. The minimum absolute atomic E-state index is 0.0977. The van der Waals surface area contributed by atoms with Gasteiger partial charge >= 0.3 is 0 Å². The Bertz CT molecular complexity index is 777. The lowest BCUT2D eigenvalue weighted by molar-refractivity contribution is -0.384. The fraction of sp³-hybridized carbons (Fsp3) is 0.0833. The molecule has 1 heterocycles. The number of hydrogen-bond acceptors (Lipinski definition) is 6. The van der Waals surface area contributed by atoms with Crippen molar-refractivity contribution in [1.29, 1.82) is 0 Å². The minimum Gasteiger partial charge on any atom is -0.393 e. The summed E-state index contributed by atoms with van der Waals surface area (Å²) in [4.78, 5) is 13.8. The zero-order valence-electron chi connectivity index (χ0n) is 11.0. The van der Waals surface area contributed by atoms with Crippen molar-refractivity contribution in [3.8, 4) is 0 Å². The fourth-order valence-electron chi connectivity index (χ4n) is 1.66. The second kappa shape index (κ2) is 5.37. The van der Waals surface area contributed by atoms with Crippen LogP contribution in [-0.4, -0.2) is 25.4 Å². The molecule has 2 rings (SSSR count). The first-order valence-corrected chi connectivity index (χ1v) is 7.22. The van der Waals surface area contributed by atoms with E-state index in [-0.39, 0.29) is 16.4 Å². The molecule has 0 bridgehead atoms. The molecular formula is C12H12N4O4S. The Morgan fingerprint density at radius 2 is 2.00 bits per heavy atom.